The normalized spacial score (nSPS) is 13.0. The number of nitrogens with one attached hydrogen (secondary N) is 1. The van der Waals surface area contributed by atoms with Crippen LogP contribution in [-0.2, 0) is 21.4 Å². The summed E-state index contributed by atoms with van der Waals surface area (Å²) in [6.45, 7) is 8.50. The molecule has 1 heterocycles. The minimum Gasteiger partial charge on any atom is -0.351 e. The molecule has 0 aliphatic carbocycles. The highest BCUT2D eigenvalue weighted by Crippen LogP contribution is 2.29. The minimum atomic E-state index is -3.59. The van der Waals surface area contributed by atoms with E-state index < -0.39 is 27.2 Å². The van der Waals surface area contributed by atoms with Crippen LogP contribution in [0.1, 0.15) is 27.7 Å². The number of primary amides is 1. The van der Waals surface area contributed by atoms with Crippen molar-refractivity contribution in [3.05, 3.63) is 18.2 Å². The zero-order valence-corrected chi connectivity index (χ0v) is 17.9. The number of hydrogen-bond acceptors (Lipinski definition) is 6. The lowest BCUT2D eigenvalue weighted by atomic mass is 10.3. The molecule has 2 rings (SSSR count). The van der Waals surface area contributed by atoms with Crippen LogP contribution in [0, 0.1) is 0 Å². The van der Waals surface area contributed by atoms with Crippen LogP contribution >= 0.6 is 11.8 Å². The molecule has 0 saturated carbocycles. The first-order valence-electron chi connectivity index (χ1n) is 8.93. The molecule has 1 aromatic heterocycles. The topological polar surface area (TPSA) is 127 Å². The van der Waals surface area contributed by atoms with E-state index in [0.717, 1.165) is 5.52 Å². The first kappa shape index (κ1) is 22.2. The van der Waals surface area contributed by atoms with Crippen LogP contribution in [0.2, 0.25) is 0 Å². The molecule has 2 aromatic rings. The number of amides is 3. The highest BCUT2D eigenvalue weighted by molar-refractivity contribution is 8.00. The predicted molar refractivity (Wildman–Crippen MR) is 109 cm³/mol. The number of imide groups is 1. The van der Waals surface area contributed by atoms with E-state index in [0.29, 0.717) is 30.3 Å². The average molecular weight is 428 g/mol. The van der Waals surface area contributed by atoms with Crippen LogP contribution in [0.25, 0.3) is 11.0 Å². The molecule has 3 amide bonds. The van der Waals surface area contributed by atoms with Gasteiger partial charge in [-0.3, -0.25) is 10.1 Å². The third-order valence-corrected chi connectivity index (χ3v) is 7.38. The first-order chi connectivity index (χ1) is 13.1. The lowest BCUT2D eigenvalue weighted by molar-refractivity contribution is -0.119. The van der Waals surface area contributed by atoms with Gasteiger partial charge in [0.2, 0.25) is 15.9 Å². The van der Waals surface area contributed by atoms with E-state index in [9.17, 15) is 18.0 Å². The van der Waals surface area contributed by atoms with Gasteiger partial charge >= 0.3 is 6.03 Å². The van der Waals surface area contributed by atoms with Gasteiger partial charge in [0.1, 0.15) is 0 Å². The van der Waals surface area contributed by atoms with Crippen molar-refractivity contribution in [1.82, 2.24) is 19.2 Å². The van der Waals surface area contributed by atoms with Crippen LogP contribution in [0.3, 0.4) is 0 Å². The Bertz CT molecular complexity index is 983. The molecular formula is C17H25N5O4S2. The fourth-order valence-corrected chi connectivity index (χ4v) is 5.26. The zero-order chi connectivity index (χ0) is 21.1. The number of nitrogens with zero attached hydrogens (tertiary/aromatic N) is 3. The second kappa shape index (κ2) is 8.93. The number of rotatable bonds is 8. The maximum atomic E-state index is 12.8. The lowest BCUT2D eigenvalue weighted by Gasteiger charge is -2.18. The van der Waals surface area contributed by atoms with Crippen LogP contribution < -0.4 is 11.1 Å². The van der Waals surface area contributed by atoms with Gasteiger partial charge in [0.15, 0.2) is 5.16 Å². The van der Waals surface area contributed by atoms with E-state index in [4.69, 9.17) is 5.73 Å². The Labute approximate surface area is 168 Å². The monoisotopic (exact) mass is 427 g/mol. The molecule has 9 nitrogen and oxygen atoms in total. The van der Waals surface area contributed by atoms with E-state index in [2.05, 4.69) is 4.98 Å². The first-order valence-corrected chi connectivity index (χ1v) is 11.2. The minimum absolute atomic E-state index is 0.181. The van der Waals surface area contributed by atoms with E-state index in [1.165, 1.54) is 16.1 Å². The van der Waals surface area contributed by atoms with Crippen molar-refractivity contribution < 1.29 is 18.0 Å². The van der Waals surface area contributed by atoms with Crippen LogP contribution in [0.15, 0.2) is 28.3 Å². The van der Waals surface area contributed by atoms with Crippen molar-refractivity contribution in [2.75, 3.05) is 13.1 Å². The summed E-state index contributed by atoms with van der Waals surface area (Å²) in [5.74, 6) is -0.517. The second-order valence-corrected chi connectivity index (χ2v) is 9.24. The molecule has 0 aliphatic rings. The number of aromatic nitrogens is 2. The molecule has 0 fully saturated rings. The molecule has 1 aromatic carbocycles. The van der Waals surface area contributed by atoms with Crippen molar-refractivity contribution in [3.63, 3.8) is 0 Å². The van der Waals surface area contributed by atoms with Crippen LogP contribution in [0.4, 0.5) is 4.79 Å². The Kier molecular flexibility index (Phi) is 7.07. The molecule has 0 aliphatic heterocycles. The number of nitrogens with two attached hydrogens (primary N) is 1. The predicted octanol–water partition coefficient (Wildman–Crippen LogP) is 1.76. The van der Waals surface area contributed by atoms with Gasteiger partial charge in [0.05, 0.1) is 21.2 Å². The molecule has 0 spiro atoms. The van der Waals surface area contributed by atoms with Gasteiger partial charge < -0.3 is 10.3 Å². The molecule has 1 unspecified atom stereocenters. The highest BCUT2D eigenvalue weighted by atomic mass is 32.2. The fourth-order valence-electron chi connectivity index (χ4n) is 2.79. The Balaban J connectivity index is 2.43. The van der Waals surface area contributed by atoms with E-state index in [-0.39, 0.29) is 4.90 Å². The van der Waals surface area contributed by atoms with Crippen LogP contribution in [0.5, 0.6) is 0 Å². The summed E-state index contributed by atoms with van der Waals surface area (Å²) in [6.07, 6.45) is 0. The quantitative estimate of drug-likeness (QED) is 0.618. The Morgan fingerprint density at radius 2 is 1.93 bits per heavy atom. The third kappa shape index (κ3) is 4.47. The standard InChI is InChI=1S/C17H25N5O4S2/c1-5-21(6-2)28(25,26)12-8-9-14-13(10-12)19-17(22(14)7-3)27-11(4)15(23)20-16(18)24/h8-11H,5-7H2,1-4H3,(H3,18,20,23,24). The number of carbonyl (C=O) groups is 2. The van der Waals surface area contributed by atoms with Crippen molar-refractivity contribution in [1.29, 1.82) is 0 Å². The van der Waals surface area contributed by atoms with Crippen molar-refractivity contribution in [2.24, 2.45) is 5.73 Å². The van der Waals surface area contributed by atoms with Gasteiger partial charge in [-0.2, -0.15) is 4.31 Å². The van der Waals surface area contributed by atoms with Crippen molar-refractivity contribution >= 4 is 44.8 Å². The van der Waals surface area contributed by atoms with Crippen LogP contribution in [-0.4, -0.2) is 52.6 Å². The number of fused-ring (bicyclic) bond motifs is 1. The number of imidazole rings is 1. The number of urea groups is 1. The van der Waals surface area contributed by atoms with Crippen molar-refractivity contribution in [3.8, 4) is 0 Å². The molecule has 0 radical (unpaired) electrons. The molecule has 154 valence electrons. The van der Waals surface area contributed by atoms with Gasteiger partial charge in [0, 0.05) is 19.6 Å². The van der Waals surface area contributed by atoms with E-state index >= 15 is 0 Å². The third-order valence-electron chi connectivity index (χ3n) is 4.24. The van der Waals surface area contributed by atoms with Gasteiger partial charge in [-0.25, -0.2) is 18.2 Å². The summed E-state index contributed by atoms with van der Waals surface area (Å²) < 4.78 is 28.8. The molecule has 0 saturated heterocycles. The van der Waals surface area contributed by atoms with E-state index in [1.807, 2.05) is 16.8 Å². The molecular weight excluding hydrogens is 402 g/mol. The van der Waals surface area contributed by atoms with E-state index in [1.54, 1.807) is 39.0 Å². The number of carbonyl (C=O) groups excluding carboxylic acids is 2. The number of aryl methyl sites for hydroxylation is 1. The lowest BCUT2D eigenvalue weighted by Crippen LogP contribution is -2.39. The summed E-state index contributed by atoms with van der Waals surface area (Å²) in [5, 5.41) is 2.00. The summed E-state index contributed by atoms with van der Waals surface area (Å²) in [7, 11) is -3.59. The maximum Gasteiger partial charge on any atom is 0.318 e. The summed E-state index contributed by atoms with van der Waals surface area (Å²) in [6, 6.07) is 3.93. The smallest absolute Gasteiger partial charge is 0.318 e. The molecule has 11 heteroatoms. The number of hydrogen-bond donors (Lipinski definition) is 2. The Morgan fingerprint density at radius 3 is 2.46 bits per heavy atom. The largest absolute Gasteiger partial charge is 0.351 e. The highest BCUT2D eigenvalue weighted by Gasteiger charge is 2.24. The van der Waals surface area contributed by atoms with Gasteiger partial charge in [-0.1, -0.05) is 25.6 Å². The Morgan fingerprint density at radius 1 is 1.29 bits per heavy atom. The average Bonchev–Trinajstić information content (AvgIpc) is 2.97. The summed E-state index contributed by atoms with van der Waals surface area (Å²) in [5.41, 5.74) is 6.28. The summed E-state index contributed by atoms with van der Waals surface area (Å²) >= 11 is 1.17. The maximum absolute atomic E-state index is 12.8. The molecule has 0 bridgehead atoms. The number of sulfonamides is 1. The molecule has 3 N–H and O–H groups in total. The SMILES string of the molecule is CCN(CC)S(=O)(=O)c1ccc2c(c1)nc(SC(C)C(=O)NC(N)=O)n2CC. The van der Waals surface area contributed by atoms with Gasteiger partial charge in [-0.05, 0) is 32.0 Å². The van der Waals surface area contributed by atoms with Gasteiger partial charge in [0.25, 0.3) is 0 Å². The number of thioether (sulfide) groups is 1. The fraction of sp³-hybridized carbons (Fsp3) is 0.471. The second-order valence-electron chi connectivity index (χ2n) is 5.99. The zero-order valence-electron chi connectivity index (χ0n) is 16.3. The molecule has 28 heavy (non-hydrogen) atoms. The number of benzene rings is 1. The molecule has 1 atom stereocenters. The summed E-state index contributed by atoms with van der Waals surface area (Å²) in [4.78, 5) is 27.5. The Hall–Kier alpha value is -2.11. The van der Waals surface area contributed by atoms with Gasteiger partial charge in [-0.15, -0.1) is 0 Å². The van der Waals surface area contributed by atoms with Crippen molar-refractivity contribution in [2.45, 2.75) is 49.5 Å².